The first-order valence-corrected chi connectivity index (χ1v) is 8.23. The van der Waals surface area contributed by atoms with Crippen LogP contribution in [0.25, 0.3) is 0 Å². The summed E-state index contributed by atoms with van der Waals surface area (Å²) in [6.07, 6.45) is 4.29. The number of aliphatic imine (C=N–C) groups is 1. The lowest BCUT2D eigenvalue weighted by molar-refractivity contribution is -0.120. The molecule has 0 saturated carbocycles. The van der Waals surface area contributed by atoms with Crippen LogP contribution < -0.4 is 22.5 Å². The zero-order valence-electron chi connectivity index (χ0n) is 14.8. The summed E-state index contributed by atoms with van der Waals surface area (Å²) in [4.78, 5) is 17.0. The van der Waals surface area contributed by atoms with Gasteiger partial charge in [-0.05, 0) is 39.4 Å². The molecule has 0 bridgehead atoms. The lowest BCUT2D eigenvalue weighted by Gasteiger charge is -2.29. The molecule has 7 nitrogen and oxygen atoms in total. The number of hydrogen-bond acceptors (Lipinski definition) is 4. The minimum Gasteiger partial charge on any atom is -0.370 e. The van der Waals surface area contributed by atoms with E-state index in [9.17, 15) is 4.79 Å². The van der Waals surface area contributed by atoms with Crippen molar-refractivity contribution in [3.05, 3.63) is 0 Å². The lowest BCUT2D eigenvalue weighted by atomic mass is 10.1. The van der Waals surface area contributed by atoms with Crippen molar-refractivity contribution in [1.29, 1.82) is 0 Å². The van der Waals surface area contributed by atoms with Gasteiger partial charge in [0.1, 0.15) is 0 Å². The topological polar surface area (TPSA) is 123 Å². The van der Waals surface area contributed by atoms with Gasteiger partial charge in [-0.15, -0.1) is 0 Å². The van der Waals surface area contributed by atoms with E-state index < -0.39 is 0 Å². The van der Waals surface area contributed by atoms with E-state index in [4.69, 9.17) is 17.2 Å². The minimum atomic E-state index is -0.0375. The number of piperidine rings is 1. The molecule has 22 heavy (non-hydrogen) atoms. The normalized spacial score (nSPS) is 14.8. The summed E-state index contributed by atoms with van der Waals surface area (Å²) in [6, 6.07) is 0.345. The molecule has 0 aromatic carbocycles. The number of nitrogens with zero attached hydrogens (tertiary/aromatic N) is 2. The molecule has 1 amide bonds. The van der Waals surface area contributed by atoms with Gasteiger partial charge in [-0.1, -0.05) is 27.2 Å². The third-order valence-electron chi connectivity index (χ3n) is 3.08. The summed E-state index contributed by atoms with van der Waals surface area (Å²) in [6.45, 7) is 9.10. The Morgan fingerprint density at radius 1 is 1.27 bits per heavy atom. The molecule has 7 heteroatoms. The van der Waals surface area contributed by atoms with Crippen molar-refractivity contribution >= 4 is 11.9 Å². The molecule has 1 rings (SSSR count). The van der Waals surface area contributed by atoms with Crippen LogP contribution in [0.4, 0.5) is 0 Å². The van der Waals surface area contributed by atoms with Gasteiger partial charge in [0.15, 0.2) is 5.96 Å². The van der Waals surface area contributed by atoms with Crippen LogP contribution in [-0.4, -0.2) is 56.0 Å². The fourth-order valence-corrected chi connectivity index (χ4v) is 1.81. The van der Waals surface area contributed by atoms with Crippen molar-refractivity contribution in [2.24, 2.45) is 22.2 Å². The van der Waals surface area contributed by atoms with E-state index in [1.807, 2.05) is 13.8 Å². The fourth-order valence-electron chi connectivity index (χ4n) is 1.81. The van der Waals surface area contributed by atoms with E-state index in [1.165, 1.54) is 0 Å². The Morgan fingerprint density at radius 2 is 1.82 bits per heavy atom. The first-order chi connectivity index (χ1) is 10.5. The molecule has 0 aliphatic carbocycles. The quantitative estimate of drug-likeness (QED) is 0.329. The maximum Gasteiger partial charge on any atom is 0.233 e. The number of hydrogen-bond donors (Lipinski definition) is 4. The van der Waals surface area contributed by atoms with Gasteiger partial charge in [-0.25, -0.2) is 0 Å². The van der Waals surface area contributed by atoms with E-state index in [2.05, 4.69) is 29.2 Å². The summed E-state index contributed by atoms with van der Waals surface area (Å²) in [5, 5.41) is 2.90. The molecule has 1 aliphatic rings. The number of amides is 1. The number of guanidine groups is 1. The second-order valence-electron chi connectivity index (χ2n) is 5.01. The predicted molar refractivity (Wildman–Crippen MR) is 94.6 cm³/mol. The third kappa shape index (κ3) is 15.1. The number of unbranched alkanes of at least 4 members (excludes halogenated alkanes) is 1. The van der Waals surface area contributed by atoms with Crippen LogP contribution in [0.2, 0.25) is 0 Å². The van der Waals surface area contributed by atoms with Crippen molar-refractivity contribution in [3.63, 3.8) is 0 Å². The standard InChI is InChI=1S/C8H17N3O.C5H13N3.C2H6/c1-11-4-2-7(3-5-11)10-8(12)6-9;1-2-3-4-8-5(6)7;1-2/h7H,2-6,9H2,1H3,(H,10,12);2-4H2,1H3,(H4,6,7,8);1-2H3. The Labute approximate surface area is 135 Å². The number of likely N-dealkylation sites (tertiary alicyclic amines) is 1. The van der Waals surface area contributed by atoms with Crippen molar-refractivity contribution in [1.82, 2.24) is 10.2 Å². The summed E-state index contributed by atoms with van der Waals surface area (Å²) in [5.41, 5.74) is 15.3. The third-order valence-corrected chi connectivity index (χ3v) is 3.08. The van der Waals surface area contributed by atoms with Crippen LogP contribution >= 0.6 is 0 Å². The molecular weight excluding hydrogens is 280 g/mol. The number of nitrogens with two attached hydrogens (primary N) is 3. The van der Waals surface area contributed by atoms with Crippen molar-refractivity contribution in [2.45, 2.75) is 52.5 Å². The van der Waals surface area contributed by atoms with Crippen LogP contribution in [0.1, 0.15) is 46.5 Å². The smallest absolute Gasteiger partial charge is 0.233 e. The Bertz CT molecular complexity index is 284. The molecule has 1 aliphatic heterocycles. The molecule has 1 heterocycles. The zero-order chi connectivity index (χ0) is 17.4. The Balaban J connectivity index is 0. The van der Waals surface area contributed by atoms with E-state index in [-0.39, 0.29) is 18.4 Å². The van der Waals surface area contributed by atoms with Crippen molar-refractivity contribution in [2.75, 3.05) is 33.2 Å². The van der Waals surface area contributed by atoms with Gasteiger partial charge in [-0.2, -0.15) is 0 Å². The molecule has 0 radical (unpaired) electrons. The first kappa shape index (κ1) is 22.9. The molecule has 0 aromatic heterocycles. The zero-order valence-corrected chi connectivity index (χ0v) is 14.8. The number of nitrogens with one attached hydrogen (secondary N) is 1. The summed E-state index contributed by atoms with van der Waals surface area (Å²) in [5.74, 6) is 0.156. The van der Waals surface area contributed by atoms with Crippen molar-refractivity contribution < 1.29 is 4.79 Å². The minimum absolute atomic E-state index is 0.0375. The highest BCUT2D eigenvalue weighted by Gasteiger charge is 2.17. The fraction of sp³-hybridized carbons (Fsp3) is 0.867. The summed E-state index contributed by atoms with van der Waals surface area (Å²) >= 11 is 0. The van der Waals surface area contributed by atoms with E-state index in [0.29, 0.717) is 6.04 Å². The van der Waals surface area contributed by atoms with Crippen LogP contribution in [0.5, 0.6) is 0 Å². The molecule has 0 aromatic rings. The molecule has 0 spiro atoms. The second-order valence-corrected chi connectivity index (χ2v) is 5.01. The highest BCUT2D eigenvalue weighted by Crippen LogP contribution is 2.07. The SMILES string of the molecule is CC.CCCCN=C(N)N.CN1CCC(NC(=O)CN)CC1. The Kier molecular flexibility index (Phi) is 16.7. The van der Waals surface area contributed by atoms with E-state index in [1.54, 1.807) is 0 Å². The van der Waals surface area contributed by atoms with E-state index >= 15 is 0 Å². The average molecular weight is 316 g/mol. The number of carbonyl (C=O) groups excluding carboxylic acids is 1. The lowest BCUT2D eigenvalue weighted by Crippen LogP contribution is -2.45. The maximum atomic E-state index is 10.9. The summed E-state index contributed by atoms with van der Waals surface area (Å²) < 4.78 is 0. The van der Waals surface area contributed by atoms with E-state index in [0.717, 1.165) is 45.3 Å². The highest BCUT2D eigenvalue weighted by molar-refractivity contribution is 5.78. The molecule has 132 valence electrons. The average Bonchev–Trinajstić information content (AvgIpc) is 2.52. The van der Waals surface area contributed by atoms with Gasteiger partial charge in [-0.3, -0.25) is 9.79 Å². The molecule has 7 N–H and O–H groups in total. The molecule has 1 saturated heterocycles. The predicted octanol–water partition coefficient (Wildman–Crippen LogP) is 0.242. The summed E-state index contributed by atoms with van der Waals surface area (Å²) in [7, 11) is 2.10. The van der Waals surface area contributed by atoms with Gasteiger partial charge in [0, 0.05) is 12.6 Å². The molecule has 0 unspecified atom stereocenters. The van der Waals surface area contributed by atoms with Crippen molar-refractivity contribution in [3.8, 4) is 0 Å². The van der Waals surface area contributed by atoms with Crippen LogP contribution in [0, 0.1) is 0 Å². The van der Waals surface area contributed by atoms with Crippen LogP contribution in [-0.2, 0) is 4.79 Å². The van der Waals surface area contributed by atoms with Crippen LogP contribution in [0.3, 0.4) is 0 Å². The maximum absolute atomic E-state index is 10.9. The Hall–Kier alpha value is -1.34. The van der Waals surface area contributed by atoms with Gasteiger partial charge in [0.25, 0.3) is 0 Å². The monoisotopic (exact) mass is 316 g/mol. The highest BCUT2D eigenvalue weighted by atomic mass is 16.1. The van der Waals surface area contributed by atoms with Gasteiger partial charge in [0.05, 0.1) is 6.54 Å². The number of rotatable bonds is 5. The molecular formula is C15H36N6O. The first-order valence-electron chi connectivity index (χ1n) is 8.23. The van der Waals surface area contributed by atoms with Gasteiger partial charge >= 0.3 is 0 Å². The molecule has 1 fully saturated rings. The van der Waals surface area contributed by atoms with Crippen LogP contribution in [0.15, 0.2) is 4.99 Å². The largest absolute Gasteiger partial charge is 0.370 e. The second kappa shape index (κ2) is 16.0. The van der Waals surface area contributed by atoms with Gasteiger partial charge < -0.3 is 27.4 Å². The Morgan fingerprint density at radius 3 is 2.23 bits per heavy atom. The molecule has 0 atom stereocenters. The van der Waals surface area contributed by atoms with Gasteiger partial charge in [0.2, 0.25) is 5.91 Å². The number of carbonyl (C=O) groups is 1.